The smallest absolute Gasteiger partial charge is 0.226 e. The summed E-state index contributed by atoms with van der Waals surface area (Å²) >= 11 is 0. The SMILES string of the molecule is CN(C(=O)CCCc1ccc(NC(=N)N2CCCC2)cc1)c1ccccc1. The minimum Gasteiger partial charge on any atom is -0.343 e. The molecule has 1 aliphatic rings. The molecule has 0 saturated carbocycles. The highest BCUT2D eigenvalue weighted by Gasteiger charge is 2.14. The molecule has 27 heavy (non-hydrogen) atoms. The first-order chi connectivity index (χ1) is 13.1. The topological polar surface area (TPSA) is 59.4 Å². The second-order valence-electron chi connectivity index (χ2n) is 7.01. The minimum atomic E-state index is 0.138. The number of carbonyl (C=O) groups is 1. The molecular formula is C22H28N4O. The van der Waals surface area contributed by atoms with Gasteiger partial charge in [0.25, 0.3) is 0 Å². The summed E-state index contributed by atoms with van der Waals surface area (Å²) in [6.45, 7) is 1.94. The molecule has 0 spiro atoms. The number of nitrogens with one attached hydrogen (secondary N) is 2. The summed E-state index contributed by atoms with van der Waals surface area (Å²) in [5, 5.41) is 11.3. The molecule has 5 nitrogen and oxygen atoms in total. The van der Waals surface area contributed by atoms with Crippen molar-refractivity contribution in [3.8, 4) is 0 Å². The summed E-state index contributed by atoms with van der Waals surface area (Å²) in [4.78, 5) is 16.1. The Hall–Kier alpha value is -2.82. The van der Waals surface area contributed by atoms with Crippen molar-refractivity contribution in [2.45, 2.75) is 32.1 Å². The Morgan fingerprint density at radius 3 is 2.41 bits per heavy atom. The molecule has 2 N–H and O–H groups in total. The number of anilines is 2. The molecule has 1 fully saturated rings. The minimum absolute atomic E-state index is 0.138. The molecule has 1 saturated heterocycles. The van der Waals surface area contributed by atoms with Crippen LogP contribution >= 0.6 is 0 Å². The molecule has 0 radical (unpaired) electrons. The van der Waals surface area contributed by atoms with E-state index in [4.69, 9.17) is 5.41 Å². The number of nitrogens with zero attached hydrogens (tertiary/aromatic N) is 2. The van der Waals surface area contributed by atoms with Gasteiger partial charge in [-0.25, -0.2) is 0 Å². The van der Waals surface area contributed by atoms with Crippen LogP contribution in [0.2, 0.25) is 0 Å². The molecule has 0 unspecified atom stereocenters. The Kier molecular flexibility index (Phi) is 6.47. The molecule has 5 heteroatoms. The Bertz CT molecular complexity index is 752. The van der Waals surface area contributed by atoms with Gasteiger partial charge in [-0.1, -0.05) is 30.3 Å². The zero-order chi connectivity index (χ0) is 19.1. The van der Waals surface area contributed by atoms with Crippen LogP contribution in [-0.2, 0) is 11.2 Å². The van der Waals surface area contributed by atoms with Gasteiger partial charge in [0, 0.05) is 37.9 Å². The van der Waals surface area contributed by atoms with E-state index >= 15 is 0 Å². The van der Waals surface area contributed by atoms with Crippen LogP contribution in [0, 0.1) is 5.41 Å². The number of benzene rings is 2. The number of likely N-dealkylation sites (tertiary alicyclic amines) is 1. The number of para-hydroxylation sites is 1. The molecule has 0 bridgehead atoms. The van der Waals surface area contributed by atoms with E-state index < -0.39 is 0 Å². The van der Waals surface area contributed by atoms with Crippen molar-refractivity contribution in [3.05, 3.63) is 60.2 Å². The van der Waals surface area contributed by atoms with Gasteiger partial charge in [0.1, 0.15) is 0 Å². The predicted molar refractivity (Wildman–Crippen MR) is 111 cm³/mol. The van der Waals surface area contributed by atoms with Crippen LogP contribution < -0.4 is 10.2 Å². The number of rotatable bonds is 6. The van der Waals surface area contributed by atoms with Gasteiger partial charge in [-0.15, -0.1) is 0 Å². The second kappa shape index (κ2) is 9.21. The lowest BCUT2D eigenvalue weighted by Crippen LogP contribution is -2.32. The third-order valence-electron chi connectivity index (χ3n) is 5.01. The van der Waals surface area contributed by atoms with E-state index in [2.05, 4.69) is 22.3 Å². The molecule has 1 aliphatic heterocycles. The zero-order valence-electron chi connectivity index (χ0n) is 15.9. The Morgan fingerprint density at radius 2 is 1.74 bits per heavy atom. The summed E-state index contributed by atoms with van der Waals surface area (Å²) in [5.41, 5.74) is 3.08. The van der Waals surface area contributed by atoms with Gasteiger partial charge in [0.15, 0.2) is 5.96 Å². The van der Waals surface area contributed by atoms with E-state index in [9.17, 15) is 4.79 Å². The largest absolute Gasteiger partial charge is 0.343 e. The van der Waals surface area contributed by atoms with Gasteiger partial charge in [-0.2, -0.15) is 0 Å². The predicted octanol–water partition coefficient (Wildman–Crippen LogP) is 4.11. The maximum Gasteiger partial charge on any atom is 0.226 e. The molecular weight excluding hydrogens is 336 g/mol. The van der Waals surface area contributed by atoms with E-state index in [0.29, 0.717) is 12.4 Å². The van der Waals surface area contributed by atoms with Crippen LogP contribution in [0.1, 0.15) is 31.2 Å². The maximum absolute atomic E-state index is 12.3. The number of aryl methyl sites for hydroxylation is 1. The summed E-state index contributed by atoms with van der Waals surface area (Å²) in [6, 6.07) is 17.9. The van der Waals surface area contributed by atoms with Crippen molar-refractivity contribution in [3.63, 3.8) is 0 Å². The Labute approximate surface area is 161 Å². The first-order valence-corrected chi connectivity index (χ1v) is 9.64. The highest BCUT2D eigenvalue weighted by atomic mass is 16.2. The van der Waals surface area contributed by atoms with Crippen molar-refractivity contribution in [1.29, 1.82) is 5.41 Å². The molecule has 0 aromatic heterocycles. The molecule has 1 amide bonds. The lowest BCUT2D eigenvalue weighted by molar-refractivity contribution is -0.118. The standard InChI is InChI=1S/C22H28N4O/c1-25(20-9-3-2-4-10-20)21(27)11-7-8-18-12-14-19(15-13-18)24-22(23)26-16-5-6-17-26/h2-4,9-10,12-15H,5-8,11,16-17H2,1H3,(H2,23,24). The quantitative estimate of drug-likeness (QED) is 0.599. The third kappa shape index (κ3) is 5.33. The van der Waals surface area contributed by atoms with Gasteiger partial charge in [-0.3, -0.25) is 10.2 Å². The fourth-order valence-corrected chi connectivity index (χ4v) is 3.32. The fourth-order valence-electron chi connectivity index (χ4n) is 3.32. The van der Waals surface area contributed by atoms with Crippen molar-refractivity contribution in [2.24, 2.45) is 0 Å². The average Bonchev–Trinajstić information content (AvgIpc) is 3.24. The molecule has 2 aromatic rings. The van der Waals surface area contributed by atoms with Crippen LogP contribution in [-0.4, -0.2) is 36.9 Å². The lowest BCUT2D eigenvalue weighted by atomic mass is 10.1. The van der Waals surface area contributed by atoms with E-state index in [1.165, 1.54) is 18.4 Å². The number of carbonyl (C=O) groups excluding carboxylic acids is 1. The first kappa shape index (κ1) is 19.0. The number of hydrogen-bond acceptors (Lipinski definition) is 2. The van der Waals surface area contributed by atoms with Crippen LogP contribution in [0.15, 0.2) is 54.6 Å². The number of amides is 1. The number of hydrogen-bond donors (Lipinski definition) is 2. The van der Waals surface area contributed by atoms with Gasteiger partial charge < -0.3 is 15.1 Å². The van der Waals surface area contributed by atoms with Crippen molar-refractivity contribution in [2.75, 3.05) is 30.4 Å². The van der Waals surface area contributed by atoms with Crippen LogP contribution in [0.5, 0.6) is 0 Å². The summed E-state index contributed by atoms with van der Waals surface area (Å²) < 4.78 is 0. The molecule has 0 atom stereocenters. The lowest BCUT2D eigenvalue weighted by Gasteiger charge is -2.19. The van der Waals surface area contributed by atoms with Gasteiger partial charge in [0.2, 0.25) is 5.91 Å². The number of guanidine groups is 1. The molecule has 1 heterocycles. The second-order valence-corrected chi connectivity index (χ2v) is 7.01. The first-order valence-electron chi connectivity index (χ1n) is 9.64. The highest BCUT2D eigenvalue weighted by molar-refractivity contribution is 5.92. The van der Waals surface area contributed by atoms with Gasteiger partial charge >= 0.3 is 0 Å². The van der Waals surface area contributed by atoms with Gasteiger partial charge in [-0.05, 0) is 55.5 Å². The Balaban J connectivity index is 1.43. The maximum atomic E-state index is 12.3. The van der Waals surface area contributed by atoms with E-state index in [-0.39, 0.29) is 5.91 Å². The molecule has 3 rings (SSSR count). The fraction of sp³-hybridized carbons (Fsp3) is 0.364. The monoisotopic (exact) mass is 364 g/mol. The normalized spacial score (nSPS) is 13.4. The van der Waals surface area contributed by atoms with Crippen LogP contribution in [0.4, 0.5) is 11.4 Å². The summed E-state index contributed by atoms with van der Waals surface area (Å²) in [7, 11) is 1.83. The van der Waals surface area contributed by atoms with Gasteiger partial charge in [0.05, 0.1) is 0 Å². The molecule has 142 valence electrons. The van der Waals surface area contributed by atoms with E-state index in [1.807, 2.05) is 49.5 Å². The van der Waals surface area contributed by atoms with Crippen molar-refractivity contribution >= 4 is 23.2 Å². The summed E-state index contributed by atoms with van der Waals surface area (Å²) in [5.74, 6) is 0.619. The average molecular weight is 364 g/mol. The van der Waals surface area contributed by atoms with Crippen molar-refractivity contribution < 1.29 is 4.79 Å². The summed E-state index contributed by atoms with van der Waals surface area (Å²) in [6.07, 6.45) is 4.57. The molecule has 2 aromatic carbocycles. The highest BCUT2D eigenvalue weighted by Crippen LogP contribution is 2.16. The van der Waals surface area contributed by atoms with Crippen LogP contribution in [0.3, 0.4) is 0 Å². The van der Waals surface area contributed by atoms with E-state index in [0.717, 1.165) is 37.3 Å². The Morgan fingerprint density at radius 1 is 1.07 bits per heavy atom. The van der Waals surface area contributed by atoms with Crippen LogP contribution in [0.25, 0.3) is 0 Å². The third-order valence-corrected chi connectivity index (χ3v) is 5.01. The zero-order valence-corrected chi connectivity index (χ0v) is 15.9. The molecule has 0 aliphatic carbocycles. The van der Waals surface area contributed by atoms with Crippen molar-refractivity contribution in [1.82, 2.24) is 4.90 Å². The van der Waals surface area contributed by atoms with E-state index in [1.54, 1.807) is 4.90 Å².